The molecule has 136 valence electrons. The topological polar surface area (TPSA) is 87.5 Å². The second-order valence-electron chi connectivity index (χ2n) is 6.93. The Hall–Kier alpha value is -2.45. The van der Waals surface area contributed by atoms with Crippen molar-refractivity contribution in [1.82, 2.24) is 10.2 Å². The van der Waals surface area contributed by atoms with Crippen LogP contribution in [0.5, 0.6) is 0 Å². The number of amides is 1. The SMILES string of the molecule is CC(C)N1CCc2c(sc3c2C(=O)N[C@@H](c2cccc([N+](=O)[O-])c2)N3)C1. The highest BCUT2D eigenvalue weighted by atomic mass is 32.1. The number of carbonyl (C=O) groups is 1. The maximum absolute atomic E-state index is 12.7. The van der Waals surface area contributed by atoms with Crippen LogP contribution in [0.4, 0.5) is 10.7 Å². The molecule has 1 aromatic heterocycles. The van der Waals surface area contributed by atoms with Gasteiger partial charge in [-0.3, -0.25) is 19.8 Å². The molecule has 0 saturated heterocycles. The molecule has 2 aliphatic heterocycles. The van der Waals surface area contributed by atoms with Crippen molar-refractivity contribution >= 4 is 27.9 Å². The van der Waals surface area contributed by atoms with Gasteiger partial charge in [-0.1, -0.05) is 12.1 Å². The molecule has 3 heterocycles. The lowest BCUT2D eigenvalue weighted by atomic mass is 9.99. The van der Waals surface area contributed by atoms with Crippen LogP contribution in [0, 0.1) is 10.1 Å². The van der Waals surface area contributed by atoms with Gasteiger partial charge < -0.3 is 10.6 Å². The van der Waals surface area contributed by atoms with Gasteiger partial charge in [0.25, 0.3) is 11.6 Å². The fourth-order valence-electron chi connectivity index (χ4n) is 3.56. The number of nitro groups is 1. The van der Waals surface area contributed by atoms with Crippen LogP contribution in [0.2, 0.25) is 0 Å². The van der Waals surface area contributed by atoms with Gasteiger partial charge in [0.2, 0.25) is 0 Å². The number of nitro benzene ring substituents is 1. The van der Waals surface area contributed by atoms with Crippen LogP contribution in [0.1, 0.15) is 46.4 Å². The van der Waals surface area contributed by atoms with Gasteiger partial charge in [0.05, 0.1) is 10.5 Å². The van der Waals surface area contributed by atoms with Crippen LogP contribution in [0.25, 0.3) is 0 Å². The quantitative estimate of drug-likeness (QED) is 0.638. The van der Waals surface area contributed by atoms with Crippen LogP contribution in [0.3, 0.4) is 0 Å². The van der Waals surface area contributed by atoms with E-state index in [9.17, 15) is 14.9 Å². The van der Waals surface area contributed by atoms with E-state index >= 15 is 0 Å². The minimum Gasteiger partial charge on any atom is -0.353 e. The molecular formula is C18H20N4O3S. The number of thiophene rings is 1. The molecule has 0 radical (unpaired) electrons. The summed E-state index contributed by atoms with van der Waals surface area (Å²) < 4.78 is 0. The number of benzene rings is 1. The summed E-state index contributed by atoms with van der Waals surface area (Å²) >= 11 is 1.62. The summed E-state index contributed by atoms with van der Waals surface area (Å²) in [5.41, 5.74) is 2.58. The Kier molecular flexibility index (Phi) is 4.16. The van der Waals surface area contributed by atoms with Crippen molar-refractivity contribution in [2.75, 3.05) is 11.9 Å². The Labute approximate surface area is 155 Å². The molecule has 26 heavy (non-hydrogen) atoms. The Morgan fingerprint density at radius 1 is 1.35 bits per heavy atom. The van der Waals surface area contributed by atoms with Crippen molar-refractivity contribution < 1.29 is 9.72 Å². The normalized spacial score (nSPS) is 19.5. The van der Waals surface area contributed by atoms with E-state index < -0.39 is 11.1 Å². The van der Waals surface area contributed by atoms with Crippen molar-refractivity contribution in [3.8, 4) is 0 Å². The van der Waals surface area contributed by atoms with E-state index in [1.165, 1.54) is 17.0 Å². The van der Waals surface area contributed by atoms with Crippen molar-refractivity contribution in [1.29, 1.82) is 0 Å². The van der Waals surface area contributed by atoms with Crippen LogP contribution < -0.4 is 10.6 Å². The predicted octanol–water partition coefficient (Wildman–Crippen LogP) is 3.28. The highest BCUT2D eigenvalue weighted by molar-refractivity contribution is 7.16. The first-order valence-corrected chi connectivity index (χ1v) is 9.46. The Balaban J connectivity index is 1.65. The Bertz CT molecular complexity index is 893. The second kappa shape index (κ2) is 6.37. The molecule has 1 amide bonds. The maximum atomic E-state index is 12.7. The zero-order chi connectivity index (χ0) is 18.4. The average Bonchev–Trinajstić information content (AvgIpc) is 2.99. The zero-order valence-corrected chi connectivity index (χ0v) is 15.4. The number of carbonyl (C=O) groups excluding carboxylic acids is 1. The number of hydrogen-bond acceptors (Lipinski definition) is 6. The van der Waals surface area contributed by atoms with Gasteiger partial charge >= 0.3 is 0 Å². The van der Waals surface area contributed by atoms with Crippen LogP contribution >= 0.6 is 11.3 Å². The first-order chi connectivity index (χ1) is 12.4. The molecule has 4 rings (SSSR count). The lowest BCUT2D eigenvalue weighted by molar-refractivity contribution is -0.384. The van der Waals surface area contributed by atoms with Gasteiger partial charge in [0.15, 0.2) is 0 Å². The largest absolute Gasteiger partial charge is 0.353 e. The Morgan fingerprint density at radius 2 is 2.15 bits per heavy atom. The molecule has 0 fully saturated rings. The van der Waals surface area contributed by atoms with Crippen molar-refractivity contribution in [2.24, 2.45) is 0 Å². The maximum Gasteiger partial charge on any atom is 0.269 e. The number of anilines is 1. The van der Waals surface area contributed by atoms with E-state index in [-0.39, 0.29) is 11.6 Å². The number of nitrogens with zero attached hydrogens (tertiary/aromatic N) is 2. The molecular weight excluding hydrogens is 352 g/mol. The van der Waals surface area contributed by atoms with E-state index in [2.05, 4.69) is 29.4 Å². The molecule has 0 saturated carbocycles. The van der Waals surface area contributed by atoms with Gasteiger partial charge in [-0.2, -0.15) is 0 Å². The predicted molar refractivity (Wildman–Crippen MR) is 100 cm³/mol. The highest BCUT2D eigenvalue weighted by Gasteiger charge is 2.34. The van der Waals surface area contributed by atoms with Crippen molar-refractivity contribution in [2.45, 2.75) is 39.0 Å². The summed E-state index contributed by atoms with van der Waals surface area (Å²) in [6.45, 7) is 6.18. The number of non-ortho nitro benzene ring substituents is 1. The molecule has 0 bridgehead atoms. The fraction of sp³-hybridized carbons (Fsp3) is 0.389. The second-order valence-corrected chi connectivity index (χ2v) is 8.03. The molecule has 0 unspecified atom stereocenters. The summed E-state index contributed by atoms with van der Waals surface area (Å²) in [7, 11) is 0. The van der Waals surface area contributed by atoms with E-state index in [1.807, 2.05) is 0 Å². The van der Waals surface area contributed by atoms with Crippen LogP contribution in [-0.4, -0.2) is 28.3 Å². The third-order valence-electron chi connectivity index (χ3n) is 5.01. The molecule has 0 aliphatic carbocycles. The zero-order valence-electron chi connectivity index (χ0n) is 14.6. The smallest absolute Gasteiger partial charge is 0.269 e. The molecule has 8 heteroatoms. The summed E-state index contributed by atoms with van der Waals surface area (Å²) in [6, 6.07) is 6.84. The standard InChI is InChI=1S/C18H20N4O3S/c1-10(2)21-7-6-13-14(9-21)26-18-15(13)17(23)19-16(20-18)11-4-3-5-12(8-11)22(24)25/h3-5,8,10,16,20H,6-7,9H2,1-2H3,(H,19,23)/t16-/m1/s1. The first kappa shape index (κ1) is 17.0. The minimum atomic E-state index is -0.462. The molecule has 2 aliphatic rings. The van der Waals surface area contributed by atoms with Crippen LogP contribution in [-0.2, 0) is 13.0 Å². The molecule has 1 atom stereocenters. The number of rotatable bonds is 3. The highest BCUT2D eigenvalue weighted by Crippen LogP contribution is 2.41. The Morgan fingerprint density at radius 3 is 2.88 bits per heavy atom. The van der Waals surface area contributed by atoms with Crippen molar-refractivity contribution in [3.05, 3.63) is 55.9 Å². The summed E-state index contributed by atoms with van der Waals surface area (Å²) in [6.07, 6.45) is 0.409. The van der Waals surface area contributed by atoms with Crippen molar-refractivity contribution in [3.63, 3.8) is 0 Å². The van der Waals surface area contributed by atoms with Gasteiger partial charge in [-0.15, -0.1) is 11.3 Å². The molecule has 7 nitrogen and oxygen atoms in total. The summed E-state index contributed by atoms with van der Waals surface area (Å²) in [5, 5.41) is 18.2. The van der Waals surface area contributed by atoms with E-state index in [0.29, 0.717) is 11.6 Å². The van der Waals surface area contributed by atoms with E-state index in [4.69, 9.17) is 0 Å². The molecule has 0 spiro atoms. The number of fused-ring (bicyclic) bond motifs is 3. The monoisotopic (exact) mass is 372 g/mol. The first-order valence-electron chi connectivity index (χ1n) is 8.64. The third kappa shape index (κ3) is 2.85. The minimum absolute atomic E-state index is 0.0161. The lowest BCUT2D eigenvalue weighted by Crippen LogP contribution is -2.39. The lowest BCUT2D eigenvalue weighted by Gasteiger charge is -2.30. The molecule has 2 aromatic rings. The van der Waals surface area contributed by atoms with Gasteiger partial charge in [0, 0.05) is 41.7 Å². The fourth-order valence-corrected chi connectivity index (χ4v) is 4.86. The molecule has 2 N–H and O–H groups in total. The average molecular weight is 372 g/mol. The third-order valence-corrected chi connectivity index (χ3v) is 6.16. The summed E-state index contributed by atoms with van der Waals surface area (Å²) in [4.78, 5) is 27.0. The van der Waals surface area contributed by atoms with Crippen LogP contribution in [0.15, 0.2) is 24.3 Å². The number of hydrogen-bond donors (Lipinski definition) is 2. The molecule has 1 aromatic carbocycles. The van der Waals surface area contributed by atoms with Gasteiger partial charge in [-0.05, 0) is 25.8 Å². The van der Waals surface area contributed by atoms with Gasteiger partial charge in [0.1, 0.15) is 11.2 Å². The van der Waals surface area contributed by atoms with E-state index in [1.54, 1.807) is 23.5 Å². The van der Waals surface area contributed by atoms with E-state index in [0.717, 1.165) is 35.6 Å². The number of nitrogens with one attached hydrogen (secondary N) is 2. The summed E-state index contributed by atoms with van der Waals surface area (Å²) in [5.74, 6) is -0.106. The van der Waals surface area contributed by atoms with Gasteiger partial charge in [-0.25, -0.2) is 0 Å².